The number of hydrogen-bond donors (Lipinski definition) is 1. The van der Waals surface area contributed by atoms with Crippen molar-refractivity contribution in [3.63, 3.8) is 0 Å². The number of likely N-dealkylation sites (tertiary alicyclic amines) is 1. The van der Waals surface area contributed by atoms with E-state index in [-0.39, 0.29) is 11.9 Å². The van der Waals surface area contributed by atoms with E-state index in [4.69, 9.17) is 5.73 Å². The van der Waals surface area contributed by atoms with E-state index in [0.717, 1.165) is 29.8 Å². The fourth-order valence-corrected chi connectivity index (χ4v) is 2.82. The Balaban J connectivity index is 2.11. The minimum atomic E-state index is 0.151. The SMILES string of the molecule is Cc1ccsc1C(=O)N1CCCC(N)C1. The molecule has 15 heavy (non-hydrogen) atoms. The van der Waals surface area contributed by atoms with Crippen LogP contribution in [0.25, 0.3) is 0 Å². The minimum absolute atomic E-state index is 0.151. The number of carbonyl (C=O) groups is 1. The Labute approximate surface area is 93.9 Å². The van der Waals surface area contributed by atoms with Gasteiger partial charge in [0.2, 0.25) is 0 Å². The van der Waals surface area contributed by atoms with Crippen molar-refractivity contribution < 1.29 is 4.79 Å². The number of carbonyl (C=O) groups excluding carboxylic acids is 1. The zero-order valence-corrected chi connectivity index (χ0v) is 9.72. The van der Waals surface area contributed by atoms with Crippen molar-refractivity contribution in [1.29, 1.82) is 0 Å². The molecular formula is C11H16N2OS. The van der Waals surface area contributed by atoms with Gasteiger partial charge in [0.25, 0.3) is 5.91 Å². The molecule has 2 rings (SSSR count). The number of piperidine rings is 1. The van der Waals surface area contributed by atoms with Gasteiger partial charge in [-0.25, -0.2) is 0 Å². The highest BCUT2D eigenvalue weighted by Gasteiger charge is 2.23. The summed E-state index contributed by atoms with van der Waals surface area (Å²) in [5.41, 5.74) is 6.94. The van der Waals surface area contributed by atoms with Gasteiger partial charge in [-0.05, 0) is 36.8 Å². The average molecular weight is 224 g/mol. The predicted molar refractivity (Wildman–Crippen MR) is 62.2 cm³/mol. The maximum Gasteiger partial charge on any atom is 0.264 e. The van der Waals surface area contributed by atoms with Crippen molar-refractivity contribution in [1.82, 2.24) is 4.90 Å². The molecule has 1 aliphatic rings. The first kappa shape index (κ1) is 10.6. The molecule has 4 heteroatoms. The van der Waals surface area contributed by atoms with Crippen LogP contribution >= 0.6 is 11.3 Å². The molecule has 2 heterocycles. The van der Waals surface area contributed by atoms with Gasteiger partial charge in [-0.15, -0.1) is 11.3 Å². The first-order valence-electron chi connectivity index (χ1n) is 5.27. The highest BCUT2D eigenvalue weighted by molar-refractivity contribution is 7.12. The topological polar surface area (TPSA) is 46.3 Å². The molecule has 1 atom stereocenters. The third-order valence-corrected chi connectivity index (χ3v) is 3.81. The molecule has 2 N–H and O–H groups in total. The van der Waals surface area contributed by atoms with E-state index in [2.05, 4.69) is 0 Å². The maximum absolute atomic E-state index is 12.1. The summed E-state index contributed by atoms with van der Waals surface area (Å²) in [5.74, 6) is 0.151. The first-order valence-corrected chi connectivity index (χ1v) is 6.15. The monoisotopic (exact) mass is 224 g/mol. The van der Waals surface area contributed by atoms with Crippen LogP contribution in [0.15, 0.2) is 11.4 Å². The van der Waals surface area contributed by atoms with Crippen molar-refractivity contribution in [2.24, 2.45) is 5.73 Å². The minimum Gasteiger partial charge on any atom is -0.336 e. The van der Waals surface area contributed by atoms with Gasteiger partial charge in [0.1, 0.15) is 0 Å². The largest absolute Gasteiger partial charge is 0.336 e. The zero-order valence-electron chi connectivity index (χ0n) is 8.90. The molecule has 1 aromatic rings. The highest BCUT2D eigenvalue weighted by Crippen LogP contribution is 2.20. The smallest absolute Gasteiger partial charge is 0.264 e. The van der Waals surface area contributed by atoms with E-state index in [0.29, 0.717) is 6.54 Å². The molecule has 0 spiro atoms. The van der Waals surface area contributed by atoms with Crippen LogP contribution in [0, 0.1) is 6.92 Å². The van der Waals surface area contributed by atoms with E-state index in [1.54, 1.807) is 0 Å². The quantitative estimate of drug-likeness (QED) is 0.788. The second-order valence-electron chi connectivity index (χ2n) is 4.09. The fraction of sp³-hybridized carbons (Fsp3) is 0.545. The standard InChI is InChI=1S/C11H16N2OS/c1-8-4-6-15-10(8)11(14)13-5-2-3-9(12)7-13/h4,6,9H,2-3,5,7,12H2,1H3. The molecule has 3 nitrogen and oxygen atoms in total. The Morgan fingerprint density at radius 3 is 3.07 bits per heavy atom. The van der Waals surface area contributed by atoms with Gasteiger partial charge >= 0.3 is 0 Å². The van der Waals surface area contributed by atoms with Crippen LogP contribution < -0.4 is 5.73 Å². The number of nitrogens with zero attached hydrogens (tertiary/aromatic N) is 1. The van der Waals surface area contributed by atoms with Gasteiger partial charge in [0.15, 0.2) is 0 Å². The summed E-state index contributed by atoms with van der Waals surface area (Å²) in [7, 11) is 0. The number of hydrogen-bond acceptors (Lipinski definition) is 3. The van der Waals surface area contributed by atoms with Crippen LogP contribution in [0.5, 0.6) is 0 Å². The van der Waals surface area contributed by atoms with Crippen LogP contribution in [-0.2, 0) is 0 Å². The van der Waals surface area contributed by atoms with E-state index < -0.39 is 0 Å². The summed E-state index contributed by atoms with van der Waals surface area (Å²) in [5, 5.41) is 1.96. The van der Waals surface area contributed by atoms with E-state index in [1.165, 1.54) is 11.3 Å². The molecule has 1 unspecified atom stereocenters. The molecule has 82 valence electrons. The molecule has 0 aliphatic carbocycles. The molecule has 0 radical (unpaired) electrons. The summed E-state index contributed by atoms with van der Waals surface area (Å²) < 4.78 is 0. The fourth-order valence-electron chi connectivity index (χ4n) is 1.93. The Hall–Kier alpha value is -0.870. The predicted octanol–water partition coefficient (Wildman–Crippen LogP) is 1.62. The Bertz CT molecular complexity index is 361. The maximum atomic E-state index is 12.1. The van der Waals surface area contributed by atoms with E-state index in [1.807, 2.05) is 23.3 Å². The Morgan fingerprint density at radius 1 is 1.67 bits per heavy atom. The summed E-state index contributed by atoms with van der Waals surface area (Å²) in [6.45, 7) is 3.54. The average Bonchev–Trinajstić information content (AvgIpc) is 2.63. The van der Waals surface area contributed by atoms with Crippen LogP contribution in [0.4, 0.5) is 0 Å². The summed E-state index contributed by atoms with van der Waals surface area (Å²) in [4.78, 5) is 14.9. The van der Waals surface area contributed by atoms with Gasteiger partial charge < -0.3 is 10.6 Å². The van der Waals surface area contributed by atoms with Crippen LogP contribution in [0.3, 0.4) is 0 Å². The Morgan fingerprint density at radius 2 is 2.47 bits per heavy atom. The molecule has 1 aliphatic heterocycles. The van der Waals surface area contributed by atoms with Gasteiger partial charge in [0, 0.05) is 19.1 Å². The third kappa shape index (κ3) is 2.21. The van der Waals surface area contributed by atoms with E-state index >= 15 is 0 Å². The number of rotatable bonds is 1. The molecule has 0 bridgehead atoms. The van der Waals surface area contributed by atoms with Crippen LogP contribution in [0.2, 0.25) is 0 Å². The molecule has 0 saturated carbocycles. The number of thiophene rings is 1. The van der Waals surface area contributed by atoms with Crippen LogP contribution in [0.1, 0.15) is 28.1 Å². The summed E-state index contributed by atoms with van der Waals surface area (Å²) in [6.07, 6.45) is 2.06. The van der Waals surface area contributed by atoms with Crippen molar-refractivity contribution in [3.8, 4) is 0 Å². The molecule has 1 amide bonds. The van der Waals surface area contributed by atoms with Crippen LogP contribution in [-0.4, -0.2) is 29.9 Å². The number of nitrogens with two attached hydrogens (primary N) is 1. The van der Waals surface area contributed by atoms with E-state index in [9.17, 15) is 4.79 Å². The lowest BCUT2D eigenvalue weighted by Gasteiger charge is -2.30. The second-order valence-corrected chi connectivity index (χ2v) is 5.00. The first-order chi connectivity index (χ1) is 7.18. The molecule has 1 fully saturated rings. The summed E-state index contributed by atoms with van der Waals surface area (Å²) in [6, 6.07) is 2.14. The lowest BCUT2D eigenvalue weighted by Crippen LogP contribution is -2.45. The summed E-state index contributed by atoms with van der Waals surface area (Å²) >= 11 is 1.52. The lowest BCUT2D eigenvalue weighted by molar-refractivity contribution is 0.0713. The molecular weight excluding hydrogens is 208 g/mol. The van der Waals surface area contributed by atoms with Crippen molar-refractivity contribution in [3.05, 3.63) is 21.9 Å². The van der Waals surface area contributed by atoms with Gasteiger partial charge in [-0.2, -0.15) is 0 Å². The lowest BCUT2D eigenvalue weighted by atomic mass is 10.1. The van der Waals surface area contributed by atoms with Gasteiger partial charge in [0.05, 0.1) is 4.88 Å². The zero-order chi connectivity index (χ0) is 10.8. The van der Waals surface area contributed by atoms with Crippen molar-refractivity contribution in [2.45, 2.75) is 25.8 Å². The number of amides is 1. The molecule has 1 saturated heterocycles. The Kier molecular flexibility index (Phi) is 3.07. The second kappa shape index (κ2) is 4.33. The van der Waals surface area contributed by atoms with Crippen molar-refractivity contribution in [2.75, 3.05) is 13.1 Å². The molecule has 1 aromatic heterocycles. The highest BCUT2D eigenvalue weighted by atomic mass is 32.1. The normalized spacial score (nSPS) is 21.7. The van der Waals surface area contributed by atoms with Gasteiger partial charge in [-0.3, -0.25) is 4.79 Å². The molecule has 0 aromatic carbocycles. The van der Waals surface area contributed by atoms with Gasteiger partial charge in [-0.1, -0.05) is 0 Å². The number of aryl methyl sites for hydroxylation is 1. The third-order valence-electron chi connectivity index (χ3n) is 2.80. The van der Waals surface area contributed by atoms with Crippen molar-refractivity contribution >= 4 is 17.2 Å².